The fourth-order valence-electron chi connectivity index (χ4n) is 2.32. The summed E-state index contributed by atoms with van der Waals surface area (Å²) in [7, 11) is 1.31. The predicted octanol–water partition coefficient (Wildman–Crippen LogP) is 4.03. The largest absolute Gasteiger partial charge is 0.467 e. The van der Waals surface area contributed by atoms with Gasteiger partial charge in [-0.2, -0.15) is 0 Å². The summed E-state index contributed by atoms with van der Waals surface area (Å²) in [5.41, 5.74) is 2.50. The summed E-state index contributed by atoms with van der Waals surface area (Å²) in [4.78, 5) is 24.6. The number of hydrogen-bond acceptors (Lipinski definition) is 3. The predicted molar refractivity (Wildman–Crippen MR) is 100.0 cm³/mol. The summed E-state index contributed by atoms with van der Waals surface area (Å²) >= 11 is 6.70. The lowest BCUT2D eigenvalue weighted by atomic mass is 10.0. The number of nitrogens with one attached hydrogen (secondary N) is 1. The van der Waals surface area contributed by atoms with Crippen LogP contribution in [0, 0.1) is 6.92 Å². The van der Waals surface area contributed by atoms with Crippen molar-refractivity contribution in [2.24, 2.45) is 0 Å². The van der Waals surface area contributed by atoms with E-state index in [1.807, 2.05) is 37.3 Å². The second-order valence-corrected chi connectivity index (χ2v) is 7.17. The van der Waals surface area contributed by atoms with Gasteiger partial charge in [-0.1, -0.05) is 56.1 Å². The molecule has 2 aromatic rings. The van der Waals surface area contributed by atoms with Crippen LogP contribution in [-0.4, -0.2) is 25.0 Å². The molecule has 2 aromatic carbocycles. The first kappa shape index (κ1) is 18.7. The Morgan fingerprint density at radius 3 is 2.33 bits per heavy atom. The number of esters is 1. The Morgan fingerprint density at radius 1 is 1.12 bits per heavy atom. The normalized spacial score (nSPS) is 11.7. The van der Waals surface area contributed by atoms with Gasteiger partial charge in [-0.3, -0.25) is 4.79 Å². The Labute approximate surface area is 157 Å². The van der Waals surface area contributed by atoms with Crippen molar-refractivity contribution < 1.29 is 14.3 Å². The first-order chi connectivity index (χ1) is 11.4. The highest BCUT2D eigenvalue weighted by atomic mass is 79.9. The van der Waals surface area contributed by atoms with Gasteiger partial charge in [0.1, 0.15) is 6.04 Å². The lowest BCUT2D eigenvalue weighted by Gasteiger charge is -2.18. The average Bonchev–Trinajstić information content (AvgIpc) is 2.54. The molecule has 0 aromatic heterocycles. The van der Waals surface area contributed by atoms with E-state index in [9.17, 15) is 9.59 Å². The zero-order valence-electron chi connectivity index (χ0n) is 13.3. The number of ether oxygens (including phenoxy) is 1. The molecule has 126 valence electrons. The van der Waals surface area contributed by atoms with Gasteiger partial charge in [0.15, 0.2) is 0 Å². The summed E-state index contributed by atoms with van der Waals surface area (Å²) in [6.45, 7) is 1.97. The molecule has 2 rings (SSSR count). The summed E-state index contributed by atoms with van der Waals surface area (Å²) in [6, 6.07) is 12.2. The van der Waals surface area contributed by atoms with E-state index in [0.29, 0.717) is 12.0 Å². The van der Waals surface area contributed by atoms with Gasteiger partial charge in [-0.25, -0.2) is 4.79 Å². The van der Waals surface area contributed by atoms with Gasteiger partial charge in [-0.05, 0) is 36.2 Å². The minimum atomic E-state index is -0.749. The van der Waals surface area contributed by atoms with Crippen LogP contribution in [0.15, 0.2) is 51.4 Å². The summed E-state index contributed by atoms with van der Waals surface area (Å²) in [5.74, 6) is -0.804. The molecule has 0 aliphatic heterocycles. The fourth-order valence-corrected chi connectivity index (χ4v) is 3.61. The molecule has 0 radical (unpaired) electrons. The molecule has 0 aliphatic carbocycles. The van der Waals surface area contributed by atoms with E-state index >= 15 is 0 Å². The quantitative estimate of drug-likeness (QED) is 0.693. The van der Waals surface area contributed by atoms with Gasteiger partial charge in [0.05, 0.1) is 7.11 Å². The molecule has 1 N–H and O–H groups in total. The van der Waals surface area contributed by atoms with E-state index in [1.165, 1.54) is 7.11 Å². The number of methoxy groups -OCH3 is 1. The van der Waals surface area contributed by atoms with Gasteiger partial charge in [0.25, 0.3) is 5.91 Å². The maximum absolute atomic E-state index is 12.5. The molecule has 0 fully saturated rings. The van der Waals surface area contributed by atoms with E-state index in [1.54, 1.807) is 12.1 Å². The van der Waals surface area contributed by atoms with Crippen LogP contribution in [0.25, 0.3) is 0 Å². The number of hydrogen-bond donors (Lipinski definition) is 1. The molecule has 0 saturated heterocycles. The standard InChI is InChI=1S/C18H17Br2NO3/c1-11-5-3-4-6-12(11)9-16(18(23)24-2)21-17(22)13-7-14(19)10-15(20)8-13/h3-8,10,16H,9H2,1-2H3,(H,21,22)/t16-/m0/s1. The SMILES string of the molecule is COC(=O)[C@H](Cc1ccccc1C)NC(=O)c1cc(Br)cc(Br)c1. The monoisotopic (exact) mass is 453 g/mol. The van der Waals surface area contributed by atoms with Crippen LogP contribution >= 0.6 is 31.9 Å². The zero-order valence-corrected chi connectivity index (χ0v) is 16.5. The first-order valence-electron chi connectivity index (χ1n) is 7.30. The van der Waals surface area contributed by atoms with Crippen LogP contribution < -0.4 is 5.32 Å². The molecule has 0 saturated carbocycles. The van der Waals surface area contributed by atoms with Crippen LogP contribution in [0.3, 0.4) is 0 Å². The van der Waals surface area contributed by atoms with Crippen molar-refractivity contribution in [1.82, 2.24) is 5.32 Å². The molecule has 0 heterocycles. The molecule has 6 heteroatoms. The number of carbonyl (C=O) groups is 2. The van der Waals surface area contributed by atoms with E-state index in [2.05, 4.69) is 37.2 Å². The second-order valence-electron chi connectivity index (χ2n) is 5.34. The Balaban J connectivity index is 2.21. The van der Waals surface area contributed by atoms with E-state index in [-0.39, 0.29) is 5.91 Å². The van der Waals surface area contributed by atoms with Crippen LogP contribution in [0.4, 0.5) is 0 Å². The van der Waals surface area contributed by atoms with Crippen LogP contribution in [0.2, 0.25) is 0 Å². The lowest BCUT2D eigenvalue weighted by Crippen LogP contribution is -2.43. The highest BCUT2D eigenvalue weighted by Gasteiger charge is 2.23. The first-order valence-corrected chi connectivity index (χ1v) is 8.88. The Morgan fingerprint density at radius 2 is 1.75 bits per heavy atom. The molecule has 0 aliphatic rings. The van der Waals surface area contributed by atoms with Crippen molar-refractivity contribution in [3.05, 3.63) is 68.1 Å². The molecule has 0 unspecified atom stereocenters. The fraction of sp³-hybridized carbons (Fsp3) is 0.222. The van der Waals surface area contributed by atoms with E-state index in [4.69, 9.17) is 4.74 Å². The molecule has 1 amide bonds. The number of amides is 1. The molecule has 24 heavy (non-hydrogen) atoms. The van der Waals surface area contributed by atoms with Crippen LogP contribution in [-0.2, 0) is 16.0 Å². The van der Waals surface area contributed by atoms with E-state index < -0.39 is 12.0 Å². The Bertz CT molecular complexity index is 741. The summed E-state index contributed by atoms with van der Waals surface area (Å²) in [6.07, 6.45) is 0.375. The zero-order chi connectivity index (χ0) is 17.7. The molecule has 0 spiro atoms. The minimum absolute atomic E-state index is 0.332. The third-order valence-electron chi connectivity index (χ3n) is 3.60. The number of benzene rings is 2. The van der Waals surface area contributed by atoms with Gasteiger partial charge in [0.2, 0.25) is 0 Å². The van der Waals surface area contributed by atoms with Crippen molar-refractivity contribution in [3.63, 3.8) is 0 Å². The van der Waals surface area contributed by atoms with Crippen molar-refractivity contribution in [2.45, 2.75) is 19.4 Å². The third kappa shape index (κ3) is 4.92. The van der Waals surface area contributed by atoms with Gasteiger partial charge in [0, 0.05) is 20.9 Å². The highest BCUT2D eigenvalue weighted by molar-refractivity contribution is 9.11. The van der Waals surface area contributed by atoms with Crippen molar-refractivity contribution in [2.75, 3.05) is 7.11 Å². The van der Waals surface area contributed by atoms with Crippen molar-refractivity contribution in [1.29, 1.82) is 0 Å². The lowest BCUT2D eigenvalue weighted by molar-refractivity contribution is -0.142. The molecule has 0 bridgehead atoms. The average molecular weight is 455 g/mol. The molecule has 4 nitrogen and oxygen atoms in total. The van der Waals surface area contributed by atoms with Crippen molar-refractivity contribution in [3.8, 4) is 0 Å². The molecular formula is C18H17Br2NO3. The smallest absolute Gasteiger partial charge is 0.328 e. The Hall–Kier alpha value is -1.66. The number of halogens is 2. The summed E-state index contributed by atoms with van der Waals surface area (Å²) in [5, 5.41) is 2.76. The van der Waals surface area contributed by atoms with Gasteiger partial charge < -0.3 is 10.1 Å². The number of aryl methyl sites for hydroxylation is 1. The second kappa shape index (κ2) is 8.44. The molecule has 1 atom stereocenters. The van der Waals surface area contributed by atoms with Gasteiger partial charge in [-0.15, -0.1) is 0 Å². The highest BCUT2D eigenvalue weighted by Crippen LogP contribution is 2.20. The van der Waals surface area contributed by atoms with Crippen molar-refractivity contribution >= 4 is 43.7 Å². The Kier molecular flexibility index (Phi) is 6.57. The van der Waals surface area contributed by atoms with Crippen LogP contribution in [0.1, 0.15) is 21.5 Å². The number of rotatable bonds is 5. The topological polar surface area (TPSA) is 55.4 Å². The third-order valence-corrected chi connectivity index (χ3v) is 4.52. The minimum Gasteiger partial charge on any atom is -0.467 e. The number of carbonyl (C=O) groups excluding carboxylic acids is 2. The summed E-state index contributed by atoms with van der Waals surface area (Å²) < 4.78 is 6.38. The van der Waals surface area contributed by atoms with E-state index in [0.717, 1.165) is 20.1 Å². The van der Waals surface area contributed by atoms with Crippen LogP contribution in [0.5, 0.6) is 0 Å². The molecular weight excluding hydrogens is 438 g/mol. The maximum Gasteiger partial charge on any atom is 0.328 e. The maximum atomic E-state index is 12.5. The van der Waals surface area contributed by atoms with Gasteiger partial charge >= 0.3 is 5.97 Å².